The van der Waals surface area contributed by atoms with Crippen LogP contribution in [-0.2, 0) is 0 Å². The zero-order chi connectivity index (χ0) is 16.1. The molecule has 0 saturated carbocycles. The van der Waals surface area contributed by atoms with Crippen LogP contribution in [0.3, 0.4) is 0 Å². The number of nitriles is 4. The quantitative estimate of drug-likeness (QED) is 0.465. The largest absolute Gasteiger partial charge is 0.198 e. The summed E-state index contributed by atoms with van der Waals surface area (Å²) in [5.74, 6) is 0. The fourth-order valence-electron chi connectivity index (χ4n) is 0.813. The minimum atomic E-state index is -0.553. The van der Waals surface area contributed by atoms with Gasteiger partial charge in [-0.3, -0.25) is 0 Å². The summed E-state index contributed by atoms with van der Waals surface area (Å²) in [5.41, 5.74) is 0. The number of alkyl halides is 4. The normalized spacial score (nSPS) is 14.8. The summed E-state index contributed by atoms with van der Waals surface area (Å²) >= 11 is 12.8. The highest BCUT2D eigenvalue weighted by Crippen LogP contribution is 2.25. The first kappa shape index (κ1) is 22.2. The van der Waals surface area contributed by atoms with E-state index in [9.17, 15) is 0 Å². The van der Waals surface area contributed by atoms with E-state index in [1.54, 1.807) is 0 Å². The van der Waals surface area contributed by atoms with Crippen LogP contribution in [0.5, 0.6) is 0 Å². The summed E-state index contributed by atoms with van der Waals surface area (Å²) in [5, 5.41) is 34.7. The molecule has 20 heavy (non-hydrogen) atoms. The van der Waals surface area contributed by atoms with Crippen LogP contribution < -0.4 is 0 Å². The molecule has 108 valence electrons. The maximum atomic E-state index is 8.58. The van der Waals surface area contributed by atoms with Gasteiger partial charge in [0.05, 0.1) is 24.3 Å². The van der Waals surface area contributed by atoms with E-state index in [1.165, 1.54) is 0 Å². The van der Waals surface area contributed by atoms with Gasteiger partial charge in [-0.1, -0.05) is 63.7 Å². The molecule has 0 aliphatic carbocycles. The second-order valence-electron chi connectivity index (χ2n) is 3.74. The third-order valence-electron chi connectivity index (χ3n) is 2.09. The zero-order valence-corrected chi connectivity index (χ0v) is 16.9. The lowest BCUT2D eigenvalue weighted by molar-refractivity contribution is 0.752. The van der Waals surface area contributed by atoms with Crippen molar-refractivity contribution in [3.8, 4) is 24.3 Å². The predicted octanol–water partition coefficient (Wildman–Crippen LogP) is 4.68. The van der Waals surface area contributed by atoms with Gasteiger partial charge < -0.3 is 0 Å². The molecule has 0 aromatic rings. The SMILES string of the molecule is N#CCCC(Br)(C#N)CBr.N#CCCC(Br)(C#N)CBr. The van der Waals surface area contributed by atoms with E-state index in [4.69, 9.17) is 21.0 Å². The molecule has 0 heterocycles. The average molecular weight is 532 g/mol. The van der Waals surface area contributed by atoms with E-state index < -0.39 is 8.65 Å². The van der Waals surface area contributed by atoms with Crippen molar-refractivity contribution < 1.29 is 0 Å². The maximum absolute atomic E-state index is 8.58. The number of halogens is 4. The third-order valence-corrected chi connectivity index (χ3v) is 7.22. The van der Waals surface area contributed by atoms with Gasteiger partial charge in [0, 0.05) is 23.5 Å². The van der Waals surface area contributed by atoms with Crippen LogP contribution in [0.15, 0.2) is 0 Å². The van der Waals surface area contributed by atoms with Gasteiger partial charge in [0.2, 0.25) is 0 Å². The Bertz CT molecular complexity index is 400. The Kier molecular flexibility index (Phi) is 14.0. The number of hydrogen-bond acceptors (Lipinski definition) is 4. The van der Waals surface area contributed by atoms with Gasteiger partial charge >= 0.3 is 0 Å². The second kappa shape index (κ2) is 12.6. The van der Waals surface area contributed by atoms with Crippen LogP contribution >= 0.6 is 63.7 Å². The van der Waals surface area contributed by atoms with Crippen molar-refractivity contribution in [3.05, 3.63) is 0 Å². The molecule has 0 aliphatic heterocycles. The summed E-state index contributed by atoms with van der Waals surface area (Å²) in [4.78, 5) is 0. The van der Waals surface area contributed by atoms with Gasteiger partial charge in [0.15, 0.2) is 0 Å². The molecule has 8 heteroatoms. The highest BCUT2D eigenvalue weighted by molar-refractivity contribution is 9.12. The summed E-state index contributed by atoms with van der Waals surface area (Å²) in [7, 11) is 0. The highest BCUT2D eigenvalue weighted by Gasteiger charge is 2.24. The molecule has 0 aromatic heterocycles. The minimum Gasteiger partial charge on any atom is -0.198 e. The Balaban J connectivity index is 0. The fraction of sp³-hybridized carbons (Fsp3) is 0.667. The smallest absolute Gasteiger partial charge is 0.123 e. The van der Waals surface area contributed by atoms with E-state index in [2.05, 4.69) is 75.9 Å². The number of nitrogens with zero attached hydrogens (tertiary/aromatic N) is 4. The monoisotopic (exact) mass is 528 g/mol. The standard InChI is InChI=1S/2C6H6Br2N2/c2*7-4-6(8,5-10)2-1-3-9/h2*1-2,4H2. The maximum Gasteiger partial charge on any atom is 0.123 e. The first-order chi connectivity index (χ1) is 9.36. The molecule has 0 saturated heterocycles. The molecular formula is C12H12Br4N4. The van der Waals surface area contributed by atoms with Gasteiger partial charge in [0.25, 0.3) is 0 Å². The van der Waals surface area contributed by atoms with Crippen LogP contribution in [0.4, 0.5) is 0 Å². The molecule has 0 amide bonds. The number of rotatable bonds is 6. The van der Waals surface area contributed by atoms with Crippen molar-refractivity contribution in [2.45, 2.75) is 34.3 Å². The van der Waals surface area contributed by atoms with Gasteiger partial charge in [-0.15, -0.1) is 0 Å². The van der Waals surface area contributed by atoms with E-state index in [0.717, 1.165) is 0 Å². The first-order valence-electron chi connectivity index (χ1n) is 5.43. The molecule has 0 rings (SSSR count). The molecule has 0 fully saturated rings. The molecule has 0 N–H and O–H groups in total. The minimum absolute atomic E-state index is 0.407. The Morgan fingerprint density at radius 1 is 0.700 bits per heavy atom. The third kappa shape index (κ3) is 10.6. The molecule has 0 aromatic carbocycles. The Morgan fingerprint density at radius 2 is 1.00 bits per heavy atom. The highest BCUT2D eigenvalue weighted by atomic mass is 79.9. The summed E-state index contributed by atoms with van der Waals surface area (Å²) < 4.78 is -1.11. The van der Waals surface area contributed by atoms with Gasteiger partial charge in [-0.25, -0.2) is 0 Å². The molecule has 4 nitrogen and oxygen atoms in total. The summed E-state index contributed by atoms with van der Waals surface area (Å²) in [6.45, 7) is 0. The molecule has 2 atom stereocenters. The lowest BCUT2D eigenvalue weighted by atomic mass is 10.1. The fourth-order valence-corrected chi connectivity index (χ4v) is 2.02. The number of hydrogen-bond donors (Lipinski definition) is 0. The molecular weight excluding hydrogens is 520 g/mol. The van der Waals surface area contributed by atoms with Gasteiger partial charge in [0.1, 0.15) is 8.65 Å². The van der Waals surface area contributed by atoms with Crippen molar-refractivity contribution >= 4 is 63.7 Å². The van der Waals surface area contributed by atoms with Crippen LogP contribution in [-0.4, -0.2) is 19.3 Å². The molecule has 0 aliphatic rings. The van der Waals surface area contributed by atoms with Crippen LogP contribution in [0, 0.1) is 45.3 Å². The first-order valence-corrected chi connectivity index (χ1v) is 9.26. The topological polar surface area (TPSA) is 95.2 Å². The summed E-state index contributed by atoms with van der Waals surface area (Å²) in [6, 6.07) is 8.14. The van der Waals surface area contributed by atoms with Crippen LogP contribution in [0.25, 0.3) is 0 Å². The van der Waals surface area contributed by atoms with Gasteiger partial charge in [-0.05, 0) is 12.8 Å². The van der Waals surface area contributed by atoms with Crippen molar-refractivity contribution in [3.63, 3.8) is 0 Å². The predicted molar refractivity (Wildman–Crippen MR) is 91.8 cm³/mol. The summed E-state index contributed by atoms with van der Waals surface area (Å²) in [6.07, 6.45) is 1.94. The molecule has 0 bridgehead atoms. The Labute approximate surface area is 153 Å². The Hall–Kier alpha value is -0.120. The van der Waals surface area contributed by atoms with Crippen LogP contribution in [0.2, 0.25) is 0 Å². The van der Waals surface area contributed by atoms with Crippen molar-refractivity contribution in [2.24, 2.45) is 0 Å². The van der Waals surface area contributed by atoms with E-state index >= 15 is 0 Å². The van der Waals surface area contributed by atoms with E-state index in [0.29, 0.717) is 36.3 Å². The van der Waals surface area contributed by atoms with E-state index in [-0.39, 0.29) is 0 Å². The van der Waals surface area contributed by atoms with E-state index in [1.807, 2.05) is 12.1 Å². The zero-order valence-electron chi connectivity index (χ0n) is 10.5. The molecule has 0 spiro atoms. The average Bonchev–Trinajstić information content (AvgIpc) is 2.50. The lowest BCUT2D eigenvalue weighted by Crippen LogP contribution is -2.19. The van der Waals surface area contributed by atoms with Crippen LogP contribution in [0.1, 0.15) is 25.7 Å². The second-order valence-corrected chi connectivity index (χ2v) is 7.90. The van der Waals surface area contributed by atoms with Gasteiger partial charge in [-0.2, -0.15) is 21.0 Å². The van der Waals surface area contributed by atoms with Crippen molar-refractivity contribution in [1.82, 2.24) is 0 Å². The van der Waals surface area contributed by atoms with Crippen molar-refractivity contribution in [2.75, 3.05) is 10.7 Å². The Morgan fingerprint density at radius 3 is 1.15 bits per heavy atom. The van der Waals surface area contributed by atoms with Crippen molar-refractivity contribution in [1.29, 1.82) is 21.0 Å². The molecule has 0 radical (unpaired) electrons. The molecule has 2 unspecified atom stereocenters. The lowest BCUT2D eigenvalue weighted by Gasteiger charge is -2.12.